The van der Waals surface area contributed by atoms with Crippen molar-refractivity contribution in [1.82, 2.24) is 26.6 Å². The predicted molar refractivity (Wildman–Crippen MR) is 203 cm³/mol. The van der Waals surface area contributed by atoms with Gasteiger partial charge >= 0.3 is 0 Å². The summed E-state index contributed by atoms with van der Waals surface area (Å²) in [6.07, 6.45) is 1.18. The lowest BCUT2D eigenvalue weighted by Gasteiger charge is -2.25. The normalized spacial score (nSPS) is 13.6. The molecule has 0 aliphatic carbocycles. The number of likely N-dealkylation sites (N-methyl/N-ethyl adjacent to an activating group) is 1. The average molecular weight is 752 g/mol. The van der Waals surface area contributed by atoms with Gasteiger partial charge in [-0.1, -0.05) is 56.3 Å². The Kier molecular flexibility index (Phi) is 15.0. The maximum atomic E-state index is 13.9. The number of sulfonamides is 1. The number of amides is 4. The largest absolute Gasteiger partial charge is 0.355 e. The van der Waals surface area contributed by atoms with Crippen LogP contribution >= 0.6 is 0 Å². The van der Waals surface area contributed by atoms with E-state index in [-0.39, 0.29) is 47.3 Å². The average Bonchev–Trinajstić information content (AvgIpc) is 3.11. The van der Waals surface area contributed by atoms with Gasteiger partial charge in [0.1, 0.15) is 6.04 Å². The van der Waals surface area contributed by atoms with Crippen LogP contribution in [0.3, 0.4) is 0 Å². The second kappa shape index (κ2) is 18.9. The summed E-state index contributed by atoms with van der Waals surface area (Å²) in [7, 11) is -2.47. The third kappa shape index (κ3) is 12.4. The second-order valence-electron chi connectivity index (χ2n) is 13.2. The molecule has 0 saturated carbocycles. The number of hydrogen-bond acceptors (Lipinski definition) is 9. The quantitative estimate of drug-likeness (QED) is 0.0955. The molecule has 0 aromatic heterocycles. The minimum Gasteiger partial charge on any atom is -0.355 e. The zero-order valence-electron chi connectivity index (χ0n) is 31.0. The van der Waals surface area contributed by atoms with Gasteiger partial charge in [0.2, 0.25) is 21.8 Å². The van der Waals surface area contributed by atoms with Gasteiger partial charge < -0.3 is 26.6 Å². The Hall–Kier alpha value is -5.35. The summed E-state index contributed by atoms with van der Waals surface area (Å²) in [4.78, 5) is 63.8. The van der Waals surface area contributed by atoms with Crippen LogP contribution in [-0.2, 0) is 26.0 Å². The lowest BCUT2D eigenvalue weighted by Crippen LogP contribution is -2.55. The summed E-state index contributed by atoms with van der Waals surface area (Å²) in [5, 5.41) is 25.6. The SMILES string of the molecule is CCNC(=O)[C@@H](NC(=O)[C@H](C)NC[C@H](Cc1ccc([N+](=O)[O-])cc1)NC(=O)c1cc(C(=O)N[C@H](C)c2ccccc2)cc(N(C)S(C)(=O)=O)c1)C(C)C. The summed E-state index contributed by atoms with van der Waals surface area (Å²) < 4.78 is 26.0. The highest BCUT2D eigenvalue weighted by Gasteiger charge is 2.27. The van der Waals surface area contributed by atoms with E-state index >= 15 is 0 Å². The van der Waals surface area contributed by atoms with Gasteiger partial charge in [0.25, 0.3) is 17.5 Å². The molecule has 4 atom stereocenters. The molecule has 53 heavy (non-hydrogen) atoms. The van der Waals surface area contributed by atoms with Crippen LogP contribution in [-0.4, -0.2) is 81.5 Å². The maximum Gasteiger partial charge on any atom is 0.269 e. The van der Waals surface area contributed by atoms with Crippen molar-refractivity contribution in [2.45, 2.75) is 65.2 Å². The van der Waals surface area contributed by atoms with Crippen molar-refractivity contribution in [2.75, 3.05) is 30.7 Å². The Balaban J connectivity index is 1.91. The Morgan fingerprint density at radius 2 is 1.42 bits per heavy atom. The molecule has 4 amide bonds. The number of non-ortho nitro benzene ring substituents is 1. The van der Waals surface area contributed by atoms with Crippen LogP contribution in [0.5, 0.6) is 0 Å². The Morgan fingerprint density at radius 3 is 1.94 bits per heavy atom. The lowest BCUT2D eigenvalue weighted by atomic mass is 10.0. The van der Waals surface area contributed by atoms with Crippen LogP contribution in [0.25, 0.3) is 0 Å². The fourth-order valence-electron chi connectivity index (χ4n) is 5.34. The van der Waals surface area contributed by atoms with Crippen LogP contribution in [0.2, 0.25) is 0 Å². The first kappa shape index (κ1) is 42.1. The highest BCUT2D eigenvalue weighted by molar-refractivity contribution is 7.92. The molecule has 0 fully saturated rings. The number of benzene rings is 3. The van der Waals surface area contributed by atoms with Crippen LogP contribution in [0.15, 0.2) is 72.8 Å². The fraction of sp³-hybridized carbons (Fsp3) is 0.405. The minimum absolute atomic E-state index is 0.00304. The van der Waals surface area contributed by atoms with E-state index < -0.39 is 56.8 Å². The smallest absolute Gasteiger partial charge is 0.269 e. The van der Waals surface area contributed by atoms with Gasteiger partial charge in [-0.3, -0.25) is 33.6 Å². The highest BCUT2D eigenvalue weighted by Crippen LogP contribution is 2.22. The van der Waals surface area contributed by atoms with Gasteiger partial charge in [0.05, 0.1) is 29.0 Å². The Bertz CT molecular complexity index is 1870. The van der Waals surface area contributed by atoms with Gasteiger partial charge in [-0.15, -0.1) is 0 Å². The number of anilines is 1. The van der Waals surface area contributed by atoms with E-state index in [1.807, 2.05) is 44.2 Å². The third-order valence-corrected chi connectivity index (χ3v) is 9.78. The number of carbonyl (C=O) groups is 4. The third-order valence-electron chi connectivity index (χ3n) is 8.58. The van der Waals surface area contributed by atoms with Crippen molar-refractivity contribution in [1.29, 1.82) is 0 Å². The number of carbonyl (C=O) groups excluding carboxylic acids is 4. The van der Waals surface area contributed by atoms with E-state index in [0.29, 0.717) is 12.1 Å². The first-order valence-electron chi connectivity index (χ1n) is 17.2. The van der Waals surface area contributed by atoms with Crippen LogP contribution in [0, 0.1) is 16.0 Å². The molecule has 0 aliphatic heterocycles. The van der Waals surface area contributed by atoms with Crippen molar-refractivity contribution >= 4 is 45.0 Å². The van der Waals surface area contributed by atoms with Crippen molar-refractivity contribution in [3.63, 3.8) is 0 Å². The number of nitro groups is 1. The number of nitrogens with one attached hydrogen (secondary N) is 5. The topological polar surface area (TPSA) is 209 Å². The molecule has 15 nitrogen and oxygen atoms in total. The van der Waals surface area contributed by atoms with Gasteiger partial charge in [-0.2, -0.15) is 0 Å². The van der Waals surface area contributed by atoms with E-state index in [9.17, 15) is 37.7 Å². The Labute approximate surface area is 310 Å². The lowest BCUT2D eigenvalue weighted by molar-refractivity contribution is -0.384. The Morgan fingerprint density at radius 1 is 0.830 bits per heavy atom. The zero-order valence-corrected chi connectivity index (χ0v) is 31.8. The molecular weight excluding hydrogens is 703 g/mol. The number of nitrogens with zero attached hydrogens (tertiary/aromatic N) is 2. The molecule has 3 aromatic carbocycles. The molecule has 3 rings (SSSR count). The summed E-state index contributed by atoms with van der Waals surface area (Å²) in [5.41, 5.74) is 1.52. The van der Waals surface area contributed by atoms with Gasteiger partial charge in [0.15, 0.2) is 0 Å². The van der Waals surface area contributed by atoms with Gasteiger partial charge in [0, 0.05) is 49.4 Å². The van der Waals surface area contributed by atoms with Crippen molar-refractivity contribution < 1.29 is 32.5 Å². The molecule has 0 heterocycles. The molecule has 0 unspecified atom stereocenters. The van der Waals surface area contributed by atoms with Crippen molar-refractivity contribution in [2.24, 2.45) is 5.92 Å². The van der Waals surface area contributed by atoms with E-state index in [1.54, 1.807) is 32.9 Å². The molecule has 286 valence electrons. The molecule has 16 heteroatoms. The molecular formula is C37H49N7O8S. The molecule has 3 aromatic rings. The molecule has 0 bridgehead atoms. The molecule has 0 spiro atoms. The number of rotatable bonds is 18. The van der Waals surface area contributed by atoms with E-state index in [4.69, 9.17) is 0 Å². The van der Waals surface area contributed by atoms with Gasteiger partial charge in [-0.25, -0.2) is 8.42 Å². The summed E-state index contributed by atoms with van der Waals surface area (Å²) >= 11 is 0. The summed E-state index contributed by atoms with van der Waals surface area (Å²) in [6, 6.07) is 16.5. The molecule has 5 N–H and O–H groups in total. The van der Waals surface area contributed by atoms with E-state index in [2.05, 4.69) is 26.6 Å². The van der Waals surface area contributed by atoms with E-state index in [0.717, 1.165) is 16.1 Å². The van der Waals surface area contributed by atoms with Gasteiger partial charge in [-0.05, 0) is 62.4 Å². The first-order chi connectivity index (χ1) is 24.9. The predicted octanol–water partition coefficient (Wildman–Crippen LogP) is 3.08. The second-order valence-corrected chi connectivity index (χ2v) is 15.2. The first-order valence-corrected chi connectivity index (χ1v) is 19.1. The van der Waals surface area contributed by atoms with Crippen molar-refractivity contribution in [3.05, 3.63) is 105 Å². The summed E-state index contributed by atoms with van der Waals surface area (Å²) in [5.74, 6) is -2.10. The zero-order chi connectivity index (χ0) is 39.5. The fourth-order valence-corrected chi connectivity index (χ4v) is 5.83. The van der Waals surface area contributed by atoms with Crippen LogP contribution < -0.4 is 30.9 Å². The monoisotopic (exact) mass is 751 g/mol. The molecule has 0 aliphatic rings. The van der Waals surface area contributed by atoms with Crippen LogP contribution in [0.4, 0.5) is 11.4 Å². The molecule has 0 saturated heterocycles. The van der Waals surface area contributed by atoms with Crippen molar-refractivity contribution in [3.8, 4) is 0 Å². The number of hydrogen-bond donors (Lipinski definition) is 5. The number of nitro benzene ring substituents is 1. The summed E-state index contributed by atoms with van der Waals surface area (Å²) in [6.45, 7) is 9.28. The highest BCUT2D eigenvalue weighted by atomic mass is 32.2. The standard InChI is InChI=1S/C37H49N7O8S/c1-8-38-37(48)33(23(2)3)42-34(45)25(5)39-22-30(18-26-14-16-31(17-15-26)44(49)50)41-36(47)29-19-28(20-32(21-29)43(6)53(7,51)52)35(46)40-24(4)27-12-10-9-11-13-27/h9-17,19-21,23-25,30,33,39H,8,18,22H2,1-7H3,(H,38,48)(H,40,46)(H,41,47)(H,42,45)/t24-,25+,30+,33+/m1/s1. The van der Waals surface area contributed by atoms with Crippen LogP contribution in [0.1, 0.15) is 72.5 Å². The minimum atomic E-state index is -3.78. The maximum absolute atomic E-state index is 13.9. The molecule has 0 radical (unpaired) electrons. The van der Waals surface area contributed by atoms with E-state index in [1.165, 1.54) is 37.4 Å².